The smallest absolute Gasteiger partial charge is 0.158 e. The van der Waals surface area contributed by atoms with Crippen LogP contribution in [0.1, 0.15) is 36.2 Å². The Morgan fingerprint density at radius 2 is 1.18 bits per heavy atom. The molecule has 3 aromatic heterocycles. The zero-order valence-corrected chi connectivity index (χ0v) is 41.6. The molecule has 2 aliphatic rings. The van der Waals surface area contributed by atoms with Crippen LogP contribution in [0.15, 0.2) is 67.1 Å². The van der Waals surface area contributed by atoms with Gasteiger partial charge in [-0.2, -0.15) is 0 Å². The van der Waals surface area contributed by atoms with Gasteiger partial charge < -0.3 is 60.8 Å². The van der Waals surface area contributed by atoms with E-state index in [9.17, 15) is 8.42 Å². The Labute approximate surface area is 416 Å². The Morgan fingerprint density at radius 1 is 0.620 bits per heavy atom. The van der Waals surface area contributed by atoms with Crippen LogP contribution in [0.5, 0.6) is 0 Å². The van der Waals surface area contributed by atoms with Crippen LogP contribution >= 0.6 is 0 Å². The maximum Gasteiger partial charge on any atom is 0.158 e. The molecule has 0 bridgehead atoms. The number of hydrogen-bond acceptors (Lipinski definition) is 21. The van der Waals surface area contributed by atoms with Crippen molar-refractivity contribution in [3.8, 4) is 16.9 Å². The quantitative estimate of drug-likeness (QED) is 0.0366. The molecule has 0 amide bonds. The van der Waals surface area contributed by atoms with Crippen LogP contribution in [0.2, 0.25) is 0 Å². The highest BCUT2D eigenvalue weighted by atomic mass is 32.2. The third-order valence-electron chi connectivity index (χ3n) is 10.6. The van der Waals surface area contributed by atoms with Crippen LogP contribution in [-0.4, -0.2) is 188 Å². The van der Waals surface area contributed by atoms with Gasteiger partial charge in [0.1, 0.15) is 11.4 Å². The minimum atomic E-state index is -2.85. The molecule has 394 valence electrons. The number of ether oxygens (including phenoxy) is 8. The Balaban J connectivity index is 0.000000199. The summed E-state index contributed by atoms with van der Waals surface area (Å²) >= 11 is 0. The van der Waals surface area contributed by atoms with E-state index < -0.39 is 9.84 Å². The van der Waals surface area contributed by atoms with Crippen molar-refractivity contribution in [3.63, 3.8) is 0 Å². The van der Waals surface area contributed by atoms with Crippen LogP contribution in [0, 0.1) is 0 Å². The molecule has 2 aliphatic heterocycles. The van der Waals surface area contributed by atoms with Gasteiger partial charge in [-0.1, -0.05) is 39.9 Å². The third-order valence-corrected chi connectivity index (χ3v) is 12.2. The number of nitrogens with zero attached hydrogens (tertiary/aromatic N) is 10. The van der Waals surface area contributed by atoms with Crippen LogP contribution in [0.3, 0.4) is 0 Å². The molecule has 0 spiro atoms. The van der Waals surface area contributed by atoms with Crippen molar-refractivity contribution < 1.29 is 46.3 Å². The fraction of sp³-hybridized carbons (Fsp3) is 0.609. The standard InChI is InChI=1S/C16H25N5O3.C15H29N5O5S.C15H20N4O2/c17-5-7-22-9-11-24-12-10-23-8-6-21-13-16(19-20-21)14-1-3-15(18)4-2-14;16-1-5-23-7-9-25-10-8-24-6-2-20-14-15(17-18-20)13-19-3-11-26(21,22)12-4-19;16-9-12-4-6-14(7-5-12)19-10-13(17-18-19)11-21-15-3-1-2-8-20-15/h1-4,13H,5-12,17-18H2;14H,1-13,16H2;4-7,10,15H,1-3,8-9,11,16H2. The molecule has 0 saturated carbocycles. The van der Waals surface area contributed by atoms with Crippen molar-refractivity contribution in [3.05, 3.63) is 84.1 Å². The highest BCUT2D eigenvalue weighted by molar-refractivity contribution is 7.91. The highest BCUT2D eigenvalue weighted by Gasteiger charge is 2.22. The molecule has 2 fully saturated rings. The number of hydrogen-bond donors (Lipinski definition) is 4. The zero-order valence-electron chi connectivity index (χ0n) is 40.8. The summed E-state index contributed by atoms with van der Waals surface area (Å²) in [6, 6.07) is 15.5. The summed E-state index contributed by atoms with van der Waals surface area (Å²) in [5.74, 6) is 0.437. The molecule has 1 unspecified atom stereocenters. The van der Waals surface area contributed by atoms with Crippen molar-refractivity contribution in [2.45, 2.75) is 58.3 Å². The summed E-state index contributed by atoms with van der Waals surface area (Å²) in [5, 5.41) is 24.7. The lowest BCUT2D eigenvalue weighted by Crippen LogP contribution is -2.39. The first-order chi connectivity index (χ1) is 34.7. The van der Waals surface area contributed by atoms with E-state index in [1.165, 1.54) is 0 Å². The maximum atomic E-state index is 11.4. The van der Waals surface area contributed by atoms with Gasteiger partial charge in [0.15, 0.2) is 16.1 Å². The second-order valence-electron chi connectivity index (χ2n) is 16.3. The molecule has 24 nitrogen and oxygen atoms in total. The van der Waals surface area contributed by atoms with E-state index in [1.807, 2.05) is 67.1 Å². The third kappa shape index (κ3) is 23.5. The molecule has 0 radical (unpaired) electrons. The molecule has 2 aromatic carbocycles. The monoisotopic (exact) mass is 1010 g/mol. The number of nitrogen functional groups attached to an aromatic ring is 1. The van der Waals surface area contributed by atoms with Crippen LogP contribution in [0.4, 0.5) is 5.69 Å². The summed E-state index contributed by atoms with van der Waals surface area (Å²) in [7, 11) is -2.85. The van der Waals surface area contributed by atoms with Gasteiger partial charge in [-0.3, -0.25) is 4.90 Å². The number of anilines is 1. The van der Waals surface area contributed by atoms with Gasteiger partial charge >= 0.3 is 0 Å². The average Bonchev–Trinajstić information content (AvgIpc) is 4.19. The topological polar surface area (TPSA) is 307 Å². The van der Waals surface area contributed by atoms with Gasteiger partial charge in [-0.15, -0.1) is 15.3 Å². The molecule has 71 heavy (non-hydrogen) atoms. The second kappa shape index (κ2) is 33.7. The van der Waals surface area contributed by atoms with Gasteiger partial charge in [0.2, 0.25) is 0 Å². The molecule has 0 aliphatic carbocycles. The van der Waals surface area contributed by atoms with Gasteiger partial charge in [-0.25, -0.2) is 22.5 Å². The summed E-state index contributed by atoms with van der Waals surface area (Å²) < 4.78 is 71.4. The van der Waals surface area contributed by atoms with E-state index in [0.29, 0.717) is 138 Å². The minimum Gasteiger partial charge on any atom is -0.399 e. The van der Waals surface area contributed by atoms with Crippen molar-refractivity contribution in [2.24, 2.45) is 17.2 Å². The Hall–Kier alpha value is -4.87. The number of benzene rings is 2. The average molecular weight is 1020 g/mol. The summed E-state index contributed by atoms with van der Waals surface area (Å²) in [5.41, 5.74) is 28.1. The van der Waals surface area contributed by atoms with Crippen molar-refractivity contribution in [1.29, 1.82) is 0 Å². The van der Waals surface area contributed by atoms with E-state index in [-0.39, 0.29) is 17.8 Å². The number of aromatic nitrogens is 9. The van der Waals surface area contributed by atoms with Crippen molar-refractivity contribution >= 4 is 15.5 Å². The predicted octanol–water partition coefficient (Wildman–Crippen LogP) is 0.822. The molecular formula is C46H74N14O10S. The Morgan fingerprint density at radius 3 is 1.76 bits per heavy atom. The van der Waals surface area contributed by atoms with Crippen molar-refractivity contribution in [2.75, 3.05) is 129 Å². The molecule has 7 rings (SSSR count). The van der Waals surface area contributed by atoms with E-state index in [1.54, 1.807) is 14.0 Å². The largest absolute Gasteiger partial charge is 0.399 e. The van der Waals surface area contributed by atoms with Gasteiger partial charge in [0.25, 0.3) is 0 Å². The maximum absolute atomic E-state index is 11.4. The molecule has 25 heteroatoms. The number of rotatable bonds is 30. The van der Waals surface area contributed by atoms with Crippen LogP contribution in [0.25, 0.3) is 16.9 Å². The van der Waals surface area contributed by atoms with E-state index >= 15 is 0 Å². The van der Waals surface area contributed by atoms with E-state index in [4.69, 9.17) is 60.8 Å². The lowest BCUT2D eigenvalue weighted by Gasteiger charge is -2.25. The first-order valence-corrected chi connectivity index (χ1v) is 25.9. The fourth-order valence-corrected chi connectivity index (χ4v) is 7.99. The molecule has 5 heterocycles. The normalized spacial score (nSPS) is 15.7. The molecule has 2 saturated heterocycles. The lowest BCUT2D eigenvalue weighted by molar-refractivity contribution is -0.169. The highest BCUT2D eigenvalue weighted by Crippen LogP contribution is 2.18. The summed E-state index contributed by atoms with van der Waals surface area (Å²) in [4.78, 5) is 2.08. The van der Waals surface area contributed by atoms with Crippen LogP contribution in [-0.2, 0) is 80.5 Å². The Kier molecular flexibility index (Phi) is 27.1. The molecule has 1 atom stereocenters. The molecule has 5 aromatic rings. The molecule has 8 N–H and O–H groups in total. The number of nitrogens with two attached hydrogens (primary N) is 4. The van der Waals surface area contributed by atoms with Gasteiger partial charge in [0.05, 0.1) is 134 Å². The van der Waals surface area contributed by atoms with E-state index in [2.05, 4.69) is 35.8 Å². The number of sulfone groups is 1. The zero-order chi connectivity index (χ0) is 50.2. The van der Waals surface area contributed by atoms with Crippen molar-refractivity contribution in [1.82, 2.24) is 49.9 Å². The summed E-state index contributed by atoms with van der Waals surface area (Å²) in [6.45, 7) is 12.3. The van der Waals surface area contributed by atoms with E-state index in [0.717, 1.165) is 65.5 Å². The minimum absolute atomic E-state index is 0.104. The molecular weight excluding hydrogens is 941 g/mol. The fourth-order valence-electron chi connectivity index (χ4n) is 6.71. The van der Waals surface area contributed by atoms with Gasteiger partial charge in [0, 0.05) is 63.3 Å². The first-order valence-electron chi connectivity index (χ1n) is 24.1. The van der Waals surface area contributed by atoms with Gasteiger partial charge in [-0.05, 0) is 49.1 Å². The van der Waals surface area contributed by atoms with Crippen LogP contribution < -0.4 is 22.9 Å². The SMILES string of the molecule is NCCOCCOCCOCCn1cc(-c2ccc(N)cc2)nn1.NCCOCCOCCOCCn1cc(CN2CCS(=O)(=O)CC2)nn1.NCc1ccc(-n2cc(COC3CCCCO3)nn2)cc1. The summed E-state index contributed by atoms with van der Waals surface area (Å²) in [6.07, 6.45) is 8.76. The lowest BCUT2D eigenvalue weighted by atomic mass is 10.1. The predicted molar refractivity (Wildman–Crippen MR) is 264 cm³/mol. The second-order valence-corrected chi connectivity index (χ2v) is 18.6. The first kappa shape index (κ1) is 57.0. The Bertz CT molecular complexity index is 2230.